The van der Waals surface area contributed by atoms with Crippen LogP contribution in [0.2, 0.25) is 0 Å². The lowest BCUT2D eigenvalue weighted by Gasteiger charge is -2.13. The van der Waals surface area contributed by atoms with Crippen LogP contribution in [0.4, 0.5) is 0 Å². The molecule has 0 spiro atoms. The van der Waals surface area contributed by atoms with Crippen LogP contribution in [0.1, 0.15) is 43.5 Å². The largest absolute Gasteiger partial charge is 0.376 e. The molecule has 2 rings (SSSR count). The zero-order valence-electron chi connectivity index (χ0n) is 12.3. The van der Waals surface area contributed by atoms with E-state index >= 15 is 0 Å². The van der Waals surface area contributed by atoms with E-state index in [1.165, 1.54) is 6.20 Å². The van der Waals surface area contributed by atoms with Crippen molar-refractivity contribution in [3.63, 3.8) is 0 Å². The highest BCUT2D eigenvalue weighted by atomic mass is 16.5. The molecule has 0 bridgehead atoms. The van der Waals surface area contributed by atoms with Gasteiger partial charge in [0.25, 0.3) is 11.5 Å². The van der Waals surface area contributed by atoms with Crippen molar-refractivity contribution in [2.45, 2.75) is 51.8 Å². The normalized spacial score (nSPS) is 19.4. The molecule has 0 aliphatic carbocycles. The molecular formula is C14H21N3O4. The van der Waals surface area contributed by atoms with Gasteiger partial charge in [0.05, 0.1) is 12.6 Å². The van der Waals surface area contributed by atoms with Crippen LogP contribution in [0.5, 0.6) is 0 Å². The third-order valence-electron chi connectivity index (χ3n) is 3.71. The molecule has 1 aliphatic rings. The number of ether oxygens (including phenoxy) is 1. The minimum Gasteiger partial charge on any atom is -0.376 e. The molecule has 0 aromatic carbocycles. The summed E-state index contributed by atoms with van der Waals surface area (Å²) in [5.41, 5.74) is -1.14. The molecule has 1 aromatic heterocycles. The van der Waals surface area contributed by atoms with E-state index in [1.54, 1.807) is 0 Å². The van der Waals surface area contributed by atoms with E-state index in [4.69, 9.17) is 4.74 Å². The maximum absolute atomic E-state index is 12.3. The number of hydrogen-bond acceptors (Lipinski definition) is 4. The average molecular weight is 295 g/mol. The fourth-order valence-electron chi connectivity index (χ4n) is 2.24. The second kappa shape index (κ2) is 6.71. The fourth-order valence-corrected chi connectivity index (χ4v) is 2.24. The van der Waals surface area contributed by atoms with Crippen LogP contribution < -0.4 is 16.6 Å². The topological polar surface area (TPSA) is 93.2 Å². The Morgan fingerprint density at radius 1 is 1.57 bits per heavy atom. The molecule has 7 nitrogen and oxygen atoms in total. The highest BCUT2D eigenvalue weighted by molar-refractivity contribution is 5.93. The van der Waals surface area contributed by atoms with Gasteiger partial charge >= 0.3 is 5.69 Å². The van der Waals surface area contributed by atoms with Crippen molar-refractivity contribution >= 4 is 5.91 Å². The van der Waals surface area contributed by atoms with Crippen LogP contribution in [-0.4, -0.2) is 34.2 Å². The molecule has 21 heavy (non-hydrogen) atoms. The number of aromatic amines is 1. The molecular weight excluding hydrogens is 274 g/mol. The molecule has 1 fully saturated rings. The number of aromatic nitrogens is 2. The minimum atomic E-state index is -0.574. The van der Waals surface area contributed by atoms with Gasteiger partial charge in [-0.2, -0.15) is 0 Å². The first kappa shape index (κ1) is 15.5. The summed E-state index contributed by atoms with van der Waals surface area (Å²) in [5, 5.41) is 2.72. The zero-order valence-corrected chi connectivity index (χ0v) is 12.3. The molecule has 7 heteroatoms. The number of amides is 1. The van der Waals surface area contributed by atoms with E-state index < -0.39 is 17.2 Å². The number of carbonyl (C=O) groups is 1. The maximum atomic E-state index is 12.3. The molecule has 1 aliphatic heterocycles. The highest BCUT2D eigenvalue weighted by Gasteiger charge is 2.21. The predicted molar refractivity (Wildman–Crippen MR) is 77.5 cm³/mol. The summed E-state index contributed by atoms with van der Waals surface area (Å²) in [4.78, 5) is 38.6. The van der Waals surface area contributed by atoms with Gasteiger partial charge in [0.2, 0.25) is 0 Å². The van der Waals surface area contributed by atoms with E-state index in [2.05, 4.69) is 10.3 Å². The average Bonchev–Trinajstić information content (AvgIpc) is 2.96. The summed E-state index contributed by atoms with van der Waals surface area (Å²) >= 11 is 0. The summed E-state index contributed by atoms with van der Waals surface area (Å²) in [6.45, 7) is 4.62. The van der Waals surface area contributed by atoms with Gasteiger partial charge in [-0.05, 0) is 26.2 Å². The van der Waals surface area contributed by atoms with Gasteiger partial charge in [0, 0.05) is 18.8 Å². The van der Waals surface area contributed by atoms with E-state index in [9.17, 15) is 14.4 Å². The van der Waals surface area contributed by atoms with E-state index in [0.29, 0.717) is 6.61 Å². The SMILES string of the molecule is CCC(C)NC(=O)c1c[nH]c(=O)n(CC2CCCO2)c1=O. The Morgan fingerprint density at radius 3 is 2.95 bits per heavy atom. The Labute approximate surface area is 122 Å². The van der Waals surface area contributed by atoms with E-state index in [0.717, 1.165) is 23.8 Å². The number of rotatable bonds is 5. The van der Waals surface area contributed by atoms with Crippen molar-refractivity contribution in [3.8, 4) is 0 Å². The molecule has 2 N–H and O–H groups in total. The van der Waals surface area contributed by atoms with Crippen LogP contribution in [0.15, 0.2) is 15.8 Å². The monoisotopic (exact) mass is 295 g/mol. The molecule has 2 unspecified atom stereocenters. The van der Waals surface area contributed by atoms with Crippen LogP contribution >= 0.6 is 0 Å². The molecule has 2 atom stereocenters. The molecule has 1 amide bonds. The maximum Gasteiger partial charge on any atom is 0.328 e. The van der Waals surface area contributed by atoms with E-state index in [1.807, 2.05) is 13.8 Å². The van der Waals surface area contributed by atoms with Crippen molar-refractivity contribution < 1.29 is 9.53 Å². The predicted octanol–water partition coefficient (Wildman–Crippen LogP) is 0.244. The van der Waals surface area contributed by atoms with Gasteiger partial charge in [-0.3, -0.25) is 14.2 Å². The third-order valence-corrected chi connectivity index (χ3v) is 3.71. The van der Waals surface area contributed by atoms with Crippen LogP contribution in [0.25, 0.3) is 0 Å². The standard InChI is InChI=1S/C14H21N3O4/c1-3-9(2)16-12(18)11-7-15-14(20)17(13(11)19)8-10-5-4-6-21-10/h7,9-10H,3-6,8H2,1-2H3,(H,15,20)(H,16,18). The molecule has 1 aromatic rings. The Hall–Kier alpha value is -1.89. The second-order valence-electron chi connectivity index (χ2n) is 5.34. The first-order chi connectivity index (χ1) is 10.0. The number of nitrogens with zero attached hydrogens (tertiary/aromatic N) is 1. The summed E-state index contributed by atoms with van der Waals surface area (Å²) < 4.78 is 6.48. The summed E-state index contributed by atoms with van der Waals surface area (Å²) in [7, 11) is 0. The third kappa shape index (κ3) is 3.60. The van der Waals surface area contributed by atoms with Crippen LogP contribution in [0, 0.1) is 0 Å². The number of nitrogens with one attached hydrogen (secondary N) is 2. The fraction of sp³-hybridized carbons (Fsp3) is 0.643. The lowest BCUT2D eigenvalue weighted by atomic mass is 10.2. The summed E-state index contributed by atoms with van der Waals surface area (Å²) in [5.74, 6) is -0.466. The molecule has 116 valence electrons. The number of hydrogen-bond donors (Lipinski definition) is 2. The minimum absolute atomic E-state index is 0.0320. The van der Waals surface area contributed by atoms with Crippen molar-refractivity contribution in [3.05, 3.63) is 32.6 Å². The van der Waals surface area contributed by atoms with Gasteiger partial charge in [0.1, 0.15) is 5.56 Å². The molecule has 1 saturated heterocycles. The van der Waals surface area contributed by atoms with Crippen molar-refractivity contribution in [2.24, 2.45) is 0 Å². The van der Waals surface area contributed by atoms with Gasteiger partial charge < -0.3 is 15.0 Å². The second-order valence-corrected chi connectivity index (χ2v) is 5.34. The Kier molecular flexibility index (Phi) is 4.95. The first-order valence-electron chi connectivity index (χ1n) is 7.28. The van der Waals surface area contributed by atoms with Gasteiger partial charge in [-0.1, -0.05) is 6.92 Å². The lowest BCUT2D eigenvalue weighted by Crippen LogP contribution is -2.43. The number of carbonyl (C=O) groups excluding carboxylic acids is 1. The van der Waals surface area contributed by atoms with Gasteiger partial charge in [-0.15, -0.1) is 0 Å². The lowest BCUT2D eigenvalue weighted by molar-refractivity contribution is 0.0915. The number of H-pyrrole nitrogens is 1. The smallest absolute Gasteiger partial charge is 0.328 e. The van der Waals surface area contributed by atoms with Crippen LogP contribution in [-0.2, 0) is 11.3 Å². The van der Waals surface area contributed by atoms with Crippen molar-refractivity contribution in [1.82, 2.24) is 14.9 Å². The molecule has 0 radical (unpaired) electrons. The molecule has 2 heterocycles. The van der Waals surface area contributed by atoms with E-state index in [-0.39, 0.29) is 24.3 Å². The first-order valence-corrected chi connectivity index (χ1v) is 7.28. The quantitative estimate of drug-likeness (QED) is 0.814. The van der Waals surface area contributed by atoms with Gasteiger partial charge in [-0.25, -0.2) is 4.79 Å². The highest BCUT2D eigenvalue weighted by Crippen LogP contribution is 2.12. The Balaban J connectivity index is 2.25. The van der Waals surface area contributed by atoms with Gasteiger partial charge in [0.15, 0.2) is 0 Å². The Morgan fingerprint density at radius 2 is 2.33 bits per heavy atom. The summed E-state index contributed by atoms with van der Waals surface area (Å²) in [6, 6.07) is -0.0320. The van der Waals surface area contributed by atoms with Crippen molar-refractivity contribution in [2.75, 3.05) is 6.61 Å². The van der Waals surface area contributed by atoms with Crippen molar-refractivity contribution in [1.29, 1.82) is 0 Å². The Bertz CT molecular complexity index is 613. The molecule has 0 saturated carbocycles. The summed E-state index contributed by atoms with van der Waals surface area (Å²) in [6.07, 6.45) is 3.53. The zero-order chi connectivity index (χ0) is 15.4. The van der Waals surface area contributed by atoms with Crippen LogP contribution in [0.3, 0.4) is 0 Å².